The minimum atomic E-state index is -0.319. The fraction of sp³-hybridized carbons (Fsp3) is 0.316. The molecule has 1 aliphatic heterocycles. The number of aromatic nitrogens is 3. The van der Waals surface area contributed by atoms with E-state index in [1.165, 1.54) is 10.7 Å². The lowest BCUT2D eigenvalue weighted by Gasteiger charge is -2.22. The van der Waals surface area contributed by atoms with E-state index in [9.17, 15) is 9.59 Å². The Kier molecular flexibility index (Phi) is 5.79. The van der Waals surface area contributed by atoms with Gasteiger partial charge >= 0.3 is 0 Å². The molecule has 3 aromatic rings. The SMILES string of the molecule is CCn1c2c(c(=O)n3ncc(C(=O)Nc4ccc(C)c(Cl)c4)c13)CNCC2.Cl. The van der Waals surface area contributed by atoms with Crippen LogP contribution < -0.4 is 16.2 Å². The van der Waals surface area contributed by atoms with Crippen molar-refractivity contribution in [3.05, 3.63) is 62.2 Å². The zero-order chi connectivity index (χ0) is 19.1. The predicted octanol–water partition coefficient (Wildman–Crippen LogP) is 2.80. The lowest BCUT2D eigenvalue weighted by Crippen LogP contribution is -2.36. The van der Waals surface area contributed by atoms with Crippen LogP contribution in [0.4, 0.5) is 5.69 Å². The Morgan fingerprint density at radius 3 is 2.89 bits per heavy atom. The zero-order valence-electron chi connectivity index (χ0n) is 15.6. The largest absolute Gasteiger partial charge is 0.329 e. The van der Waals surface area contributed by atoms with Crippen molar-refractivity contribution in [1.82, 2.24) is 19.5 Å². The lowest BCUT2D eigenvalue weighted by molar-refractivity contribution is 0.102. The lowest BCUT2D eigenvalue weighted by atomic mass is 10.1. The number of hydrogen-bond acceptors (Lipinski definition) is 4. The number of carbonyl (C=O) groups is 1. The van der Waals surface area contributed by atoms with Crippen molar-refractivity contribution in [1.29, 1.82) is 0 Å². The van der Waals surface area contributed by atoms with Crippen molar-refractivity contribution in [2.45, 2.75) is 33.4 Å². The molecule has 0 unspecified atom stereocenters. The zero-order valence-corrected chi connectivity index (χ0v) is 17.2. The maximum Gasteiger partial charge on any atom is 0.279 e. The highest BCUT2D eigenvalue weighted by Crippen LogP contribution is 2.22. The fourth-order valence-electron chi connectivity index (χ4n) is 3.55. The van der Waals surface area contributed by atoms with Crippen LogP contribution in [0.15, 0.2) is 29.2 Å². The third-order valence-electron chi connectivity index (χ3n) is 4.96. The average molecular weight is 422 g/mol. The first kappa shape index (κ1) is 20.4. The Balaban J connectivity index is 0.00000225. The first-order valence-corrected chi connectivity index (χ1v) is 9.29. The second-order valence-electron chi connectivity index (χ2n) is 6.61. The molecule has 0 saturated heterocycles. The van der Waals surface area contributed by atoms with Crippen molar-refractivity contribution in [2.75, 3.05) is 11.9 Å². The smallest absolute Gasteiger partial charge is 0.279 e. The molecular weight excluding hydrogens is 401 g/mol. The minimum absolute atomic E-state index is 0. The molecule has 2 N–H and O–H groups in total. The van der Waals surface area contributed by atoms with E-state index in [0.717, 1.165) is 29.8 Å². The van der Waals surface area contributed by atoms with Gasteiger partial charge in [-0.05, 0) is 31.5 Å². The summed E-state index contributed by atoms with van der Waals surface area (Å²) in [6.07, 6.45) is 2.20. The maximum absolute atomic E-state index is 12.9. The second kappa shape index (κ2) is 7.95. The van der Waals surface area contributed by atoms with E-state index in [1.807, 2.05) is 24.5 Å². The Hall–Kier alpha value is -2.35. The normalized spacial score (nSPS) is 13.1. The molecule has 9 heteroatoms. The molecule has 7 nitrogen and oxygen atoms in total. The van der Waals surface area contributed by atoms with Gasteiger partial charge in [0.05, 0.1) is 11.8 Å². The third kappa shape index (κ3) is 3.30. The molecular formula is C19H21Cl2N5O2. The topological polar surface area (TPSA) is 80.4 Å². The molecule has 0 fully saturated rings. The quantitative estimate of drug-likeness (QED) is 0.681. The van der Waals surface area contributed by atoms with E-state index < -0.39 is 0 Å². The Morgan fingerprint density at radius 2 is 2.18 bits per heavy atom. The molecule has 0 saturated carbocycles. The van der Waals surface area contributed by atoms with Gasteiger partial charge in [0.25, 0.3) is 11.5 Å². The fourth-order valence-corrected chi connectivity index (χ4v) is 3.73. The van der Waals surface area contributed by atoms with E-state index >= 15 is 0 Å². The molecule has 1 aromatic carbocycles. The van der Waals surface area contributed by atoms with E-state index in [0.29, 0.717) is 35.0 Å². The summed E-state index contributed by atoms with van der Waals surface area (Å²) >= 11 is 6.15. The molecule has 0 radical (unpaired) electrons. The standard InChI is InChI=1S/C19H20ClN5O2.ClH/c1-3-24-16-6-7-21-9-13(16)19(27)25-18(24)14(10-22-25)17(26)23-12-5-4-11(2)15(20)8-12;/h4-5,8,10,21H,3,6-7,9H2,1-2H3,(H,23,26);1H. The van der Waals surface area contributed by atoms with Gasteiger partial charge in [-0.1, -0.05) is 17.7 Å². The van der Waals surface area contributed by atoms with Crippen LogP contribution in [-0.2, 0) is 19.5 Å². The van der Waals surface area contributed by atoms with Crippen molar-refractivity contribution in [3.63, 3.8) is 0 Å². The number of hydrogen-bond donors (Lipinski definition) is 2. The number of fused-ring (bicyclic) bond motifs is 2. The van der Waals surface area contributed by atoms with E-state index in [1.54, 1.807) is 12.1 Å². The van der Waals surface area contributed by atoms with Gasteiger partial charge in [-0.2, -0.15) is 9.61 Å². The van der Waals surface area contributed by atoms with Crippen LogP contribution >= 0.6 is 24.0 Å². The van der Waals surface area contributed by atoms with Gasteiger partial charge in [0.2, 0.25) is 0 Å². The molecule has 3 heterocycles. The van der Waals surface area contributed by atoms with E-state index in [2.05, 4.69) is 15.7 Å². The monoisotopic (exact) mass is 421 g/mol. The van der Waals surface area contributed by atoms with Gasteiger partial charge in [-0.15, -0.1) is 12.4 Å². The maximum atomic E-state index is 12.9. The predicted molar refractivity (Wildman–Crippen MR) is 112 cm³/mol. The number of nitrogens with one attached hydrogen (secondary N) is 2. The van der Waals surface area contributed by atoms with Gasteiger partial charge < -0.3 is 15.2 Å². The molecule has 28 heavy (non-hydrogen) atoms. The summed E-state index contributed by atoms with van der Waals surface area (Å²) in [5.41, 5.74) is 3.95. The van der Waals surface area contributed by atoms with Crippen LogP contribution in [0, 0.1) is 6.92 Å². The van der Waals surface area contributed by atoms with Crippen molar-refractivity contribution < 1.29 is 4.79 Å². The number of rotatable bonds is 3. The summed E-state index contributed by atoms with van der Waals surface area (Å²) in [6.45, 7) is 5.88. The Bertz CT molecular complexity index is 1120. The number of anilines is 1. The van der Waals surface area contributed by atoms with Gasteiger partial charge in [0.1, 0.15) is 5.56 Å². The number of carbonyl (C=O) groups excluding carboxylic acids is 1. The minimum Gasteiger partial charge on any atom is -0.329 e. The Labute approximate surface area is 173 Å². The molecule has 1 amide bonds. The van der Waals surface area contributed by atoms with E-state index in [4.69, 9.17) is 11.6 Å². The summed E-state index contributed by atoms with van der Waals surface area (Å²) in [6, 6.07) is 5.35. The molecule has 2 aromatic heterocycles. The van der Waals surface area contributed by atoms with Crippen LogP contribution in [-0.4, -0.2) is 26.6 Å². The average Bonchev–Trinajstić information content (AvgIpc) is 3.11. The second-order valence-corrected chi connectivity index (χ2v) is 7.02. The molecule has 0 spiro atoms. The molecule has 0 aliphatic carbocycles. The summed E-state index contributed by atoms with van der Waals surface area (Å²) in [4.78, 5) is 25.7. The summed E-state index contributed by atoms with van der Waals surface area (Å²) < 4.78 is 3.34. The highest BCUT2D eigenvalue weighted by molar-refractivity contribution is 6.31. The highest BCUT2D eigenvalue weighted by atomic mass is 35.5. The summed E-state index contributed by atoms with van der Waals surface area (Å²) in [7, 11) is 0. The van der Waals surface area contributed by atoms with Crippen LogP contribution in [0.3, 0.4) is 0 Å². The summed E-state index contributed by atoms with van der Waals surface area (Å²) in [5.74, 6) is -0.319. The number of aryl methyl sites for hydroxylation is 2. The third-order valence-corrected chi connectivity index (χ3v) is 5.36. The first-order chi connectivity index (χ1) is 13.0. The van der Waals surface area contributed by atoms with Crippen LogP contribution in [0.2, 0.25) is 5.02 Å². The van der Waals surface area contributed by atoms with E-state index in [-0.39, 0.29) is 23.9 Å². The molecule has 1 aliphatic rings. The van der Waals surface area contributed by atoms with Crippen molar-refractivity contribution in [2.24, 2.45) is 0 Å². The summed E-state index contributed by atoms with van der Waals surface area (Å²) in [5, 5.41) is 10.9. The first-order valence-electron chi connectivity index (χ1n) is 8.91. The van der Waals surface area contributed by atoms with Gasteiger partial charge in [-0.25, -0.2) is 0 Å². The molecule has 0 atom stereocenters. The van der Waals surface area contributed by atoms with Crippen LogP contribution in [0.1, 0.15) is 34.1 Å². The number of halogens is 2. The molecule has 0 bridgehead atoms. The molecule has 4 rings (SSSR count). The van der Waals surface area contributed by atoms with Crippen LogP contribution in [0.5, 0.6) is 0 Å². The van der Waals surface area contributed by atoms with Crippen molar-refractivity contribution >= 4 is 41.2 Å². The van der Waals surface area contributed by atoms with Gasteiger partial charge in [-0.3, -0.25) is 9.59 Å². The van der Waals surface area contributed by atoms with Crippen LogP contribution in [0.25, 0.3) is 5.65 Å². The number of amides is 1. The van der Waals surface area contributed by atoms with Gasteiger partial charge in [0, 0.05) is 42.5 Å². The number of benzene rings is 1. The number of nitrogens with zero attached hydrogens (tertiary/aromatic N) is 3. The highest BCUT2D eigenvalue weighted by Gasteiger charge is 2.24. The Morgan fingerprint density at radius 1 is 1.39 bits per heavy atom. The van der Waals surface area contributed by atoms with Gasteiger partial charge in [0.15, 0.2) is 5.65 Å². The molecule has 148 valence electrons. The van der Waals surface area contributed by atoms with Crippen molar-refractivity contribution in [3.8, 4) is 0 Å².